The van der Waals surface area contributed by atoms with Crippen LogP contribution in [0, 0.1) is 0 Å². The molecule has 0 heterocycles. The Morgan fingerprint density at radius 1 is 0.810 bits per heavy atom. The van der Waals surface area contributed by atoms with Gasteiger partial charge in [0.2, 0.25) is 0 Å². The van der Waals surface area contributed by atoms with Crippen LogP contribution in [0.2, 0.25) is 0 Å². The molecule has 126 valence electrons. The average molecular weight is 318 g/mol. The van der Waals surface area contributed by atoms with Gasteiger partial charge in [0, 0.05) is 0 Å². The molecule has 0 aliphatic rings. The number of unbranched alkanes of at least 4 members (excludes halogenated alkanes) is 8. The summed E-state index contributed by atoms with van der Waals surface area (Å²) in [6.45, 7) is 9.11. The molecule has 3 nitrogen and oxygen atoms in total. The monoisotopic (exact) mass is 318 g/mol. The second kappa shape index (κ2) is 14.8. The maximum absolute atomic E-state index is 12.5. The zero-order chi connectivity index (χ0) is 15.8. The van der Waals surface area contributed by atoms with Crippen LogP contribution in [0.5, 0.6) is 0 Å². The van der Waals surface area contributed by atoms with Gasteiger partial charge in [-0.2, -0.15) is 0 Å². The van der Waals surface area contributed by atoms with Crippen molar-refractivity contribution in [3.05, 3.63) is 12.7 Å². The van der Waals surface area contributed by atoms with Gasteiger partial charge in [-0.05, 0) is 12.8 Å². The first kappa shape index (κ1) is 20.9. The number of allylic oxidation sites excluding steroid dienone is 1. The third-order valence-electron chi connectivity index (χ3n) is 3.42. The molecule has 0 aromatic carbocycles. The standard InChI is InChI=1S/C17H35O3P/c1-4-7-9-11-13-15-19-21(18,17-6-3)20-16-14-12-10-8-5-2/h6H,3-5,7-17H2,1-2H3. The summed E-state index contributed by atoms with van der Waals surface area (Å²) in [5, 5.41) is 0. The van der Waals surface area contributed by atoms with Crippen LogP contribution in [0.1, 0.15) is 78.1 Å². The lowest BCUT2D eigenvalue weighted by molar-refractivity contribution is 0.199. The van der Waals surface area contributed by atoms with Crippen LogP contribution in [0.15, 0.2) is 12.7 Å². The highest BCUT2D eigenvalue weighted by molar-refractivity contribution is 7.54. The second-order valence-electron chi connectivity index (χ2n) is 5.58. The minimum absolute atomic E-state index is 0.316. The predicted molar refractivity (Wildman–Crippen MR) is 92.1 cm³/mol. The largest absolute Gasteiger partial charge is 0.334 e. The van der Waals surface area contributed by atoms with E-state index in [1.54, 1.807) is 6.08 Å². The van der Waals surface area contributed by atoms with Crippen LogP contribution in [0.3, 0.4) is 0 Å². The molecule has 0 saturated heterocycles. The van der Waals surface area contributed by atoms with E-state index in [-0.39, 0.29) is 0 Å². The maximum Gasteiger partial charge on any atom is 0.334 e. The molecule has 0 saturated carbocycles. The highest BCUT2D eigenvalue weighted by Gasteiger charge is 2.22. The molecule has 0 bridgehead atoms. The minimum Gasteiger partial charge on any atom is -0.308 e. The molecular weight excluding hydrogens is 283 g/mol. The van der Waals surface area contributed by atoms with Gasteiger partial charge in [-0.3, -0.25) is 4.57 Å². The summed E-state index contributed by atoms with van der Waals surface area (Å²) in [6, 6.07) is 0. The van der Waals surface area contributed by atoms with E-state index in [9.17, 15) is 4.57 Å². The molecule has 0 aromatic rings. The molecular formula is C17H35O3P. The summed E-state index contributed by atoms with van der Waals surface area (Å²) in [6.07, 6.45) is 13.6. The molecule has 0 unspecified atom stereocenters. The lowest BCUT2D eigenvalue weighted by Gasteiger charge is -2.17. The van der Waals surface area contributed by atoms with E-state index in [0.717, 1.165) is 25.7 Å². The summed E-state index contributed by atoms with van der Waals surface area (Å²) >= 11 is 0. The van der Waals surface area contributed by atoms with E-state index in [0.29, 0.717) is 19.4 Å². The molecule has 0 rings (SSSR count). The third kappa shape index (κ3) is 13.3. The smallest absolute Gasteiger partial charge is 0.308 e. The molecule has 21 heavy (non-hydrogen) atoms. The molecule has 0 radical (unpaired) electrons. The Balaban J connectivity index is 3.78. The fraction of sp³-hybridized carbons (Fsp3) is 0.882. The van der Waals surface area contributed by atoms with Gasteiger partial charge in [0.15, 0.2) is 0 Å². The topological polar surface area (TPSA) is 35.5 Å². The normalized spacial score (nSPS) is 11.7. The summed E-state index contributed by atoms with van der Waals surface area (Å²) in [7, 11) is -2.95. The average Bonchev–Trinajstić information content (AvgIpc) is 2.47. The van der Waals surface area contributed by atoms with Crippen LogP contribution in [-0.2, 0) is 13.6 Å². The van der Waals surface area contributed by atoms with Crippen molar-refractivity contribution in [3.8, 4) is 0 Å². The zero-order valence-electron chi connectivity index (χ0n) is 14.1. The van der Waals surface area contributed by atoms with Crippen LogP contribution < -0.4 is 0 Å². The Hall–Kier alpha value is -0.110. The van der Waals surface area contributed by atoms with Crippen LogP contribution in [-0.4, -0.2) is 19.4 Å². The van der Waals surface area contributed by atoms with Gasteiger partial charge in [0.25, 0.3) is 0 Å². The number of hydrogen-bond acceptors (Lipinski definition) is 3. The molecule has 0 spiro atoms. The fourth-order valence-electron chi connectivity index (χ4n) is 2.12. The minimum atomic E-state index is -2.95. The second-order valence-corrected chi connectivity index (χ2v) is 7.68. The first-order valence-electron chi connectivity index (χ1n) is 8.67. The zero-order valence-corrected chi connectivity index (χ0v) is 15.0. The molecule has 4 heteroatoms. The van der Waals surface area contributed by atoms with Crippen LogP contribution >= 0.6 is 7.60 Å². The molecule has 0 fully saturated rings. The van der Waals surface area contributed by atoms with Gasteiger partial charge in [0.05, 0.1) is 19.4 Å². The Morgan fingerprint density at radius 3 is 1.62 bits per heavy atom. The van der Waals surface area contributed by atoms with Gasteiger partial charge < -0.3 is 9.05 Å². The van der Waals surface area contributed by atoms with E-state index in [2.05, 4.69) is 20.4 Å². The Morgan fingerprint density at radius 2 is 1.24 bits per heavy atom. The SMILES string of the molecule is C=CCP(=O)(OCCCCCCC)OCCCCCCC. The summed E-state index contributed by atoms with van der Waals surface area (Å²) in [5.41, 5.74) is 0. The van der Waals surface area contributed by atoms with Crippen molar-refractivity contribution < 1.29 is 13.6 Å². The first-order valence-corrected chi connectivity index (χ1v) is 10.4. The summed E-state index contributed by atoms with van der Waals surface area (Å²) in [4.78, 5) is 0. The quantitative estimate of drug-likeness (QED) is 0.189. The van der Waals surface area contributed by atoms with Gasteiger partial charge in [0.1, 0.15) is 0 Å². The van der Waals surface area contributed by atoms with Crippen molar-refractivity contribution >= 4 is 7.60 Å². The molecule has 0 aliphatic carbocycles. The molecule has 0 aromatic heterocycles. The Bertz CT molecular complexity index is 259. The van der Waals surface area contributed by atoms with E-state index in [4.69, 9.17) is 9.05 Å². The molecule has 0 amide bonds. The third-order valence-corrected chi connectivity index (χ3v) is 5.28. The van der Waals surface area contributed by atoms with Crippen molar-refractivity contribution in [2.24, 2.45) is 0 Å². The van der Waals surface area contributed by atoms with Gasteiger partial charge in [-0.15, -0.1) is 6.58 Å². The van der Waals surface area contributed by atoms with Crippen molar-refractivity contribution in [2.45, 2.75) is 78.1 Å². The maximum atomic E-state index is 12.5. The van der Waals surface area contributed by atoms with Crippen LogP contribution in [0.4, 0.5) is 0 Å². The Kier molecular flexibility index (Phi) is 14.7. The first-order chi connectivity index (χ1) is 10.2. The van der Waals surface area contributed by atoms with E-state index in [1.165, 1.54) is 38.5 Å². The number of rotatable bonds is 16. The summed E-state index contributed by atoms with van der Waals surface area (Å²) < 4.78 is 23.6. The van der Waals surface area contributed by atoms with Crippen molar-refractivity contribution in [3.63, 3.8) is 0 Å². The fourth-order valence-corrected chi connectivity index (χ4v) is 3.54. The van der Waals surface area contributed by atoms with Gasteiger partial charge >= 0.3 is 7.60 Å². The van der Waals surface area contributed by atoms with Crippen molar-refractivity contribution in [2.75, 3.05) is 19.4 Å². The van der Waals surface area contributed by atoms with Crippen molar-refractivity contribution in [1.82, 2.24) is 0 Å². The highest BCUT2D eigenvalue weighted by Crippen LogP contribution is 2.48. The molecule has 0 atom stereocenters. The molecule has 0 aliphatic heterocycles. The van der Waals surface area contributed by atoms with Gasteiger partial charge in [-0.1, -0.05) is 71.3 Å². The van der Waals surface area contributed by atoms with E-state index >= 15 is 0 Å². The molecule has 0 N–H and O–H groups in total. The lowest BCUT2D eigenvalue weighted by Crippen LogP contribution is -2.02. The number of hydrogen-bond donors (Lipinski definition) is 0. The van der Waals surface area contributed by atoms with E-state index in [1.807, 2.05) is 0 Å². The van der Waals surface area contributed by atoms with Crippen LogP contribution in [0.25, 0.3) is 0 Å². The predicted octanol–water partition coefficient (Wildman–Crippen LogP) is 6.34. The summed E-state index contributed by atoms with van der Waals surface area (Å²) in [5.74, 6) is 0. The Labute approximate surface area is 132 Å². The van der Waals surface area contributed by atoms with Gasteiger partial charge in [-0.25, -0.2) is 0 Å². The highest BCUT2D eigenvalue weighted by atomic mass is 31.2. The van der Waals surface area contributed by atoms with Crippen molar-refractivity contribution in [1.29, 1.82) is 0 Å². The van der Waals surface area contributed by atoms with E-state index < -0.39 is 7.60 Å². The lowest BCUT2D eigenvalue weighted by atomic mass is 10.2.